The van der Waals surface area contributed by atoms with E-state index in [9.17, 15) is 12.3 Å². The molecule has 0 amide bonds. The van der Waals surface area contributed by atoms with Crippen molar-refractivity contribution in [1.82, 2.24) is 0 Å². The molecular formula is C44H52BNOS. The van der Waals surface area contributed by atoms with Crippen LogP contribution in [0.5, 0.6) is 10.8 Å². The molecule has 48 heavy (non-hydrogen) atoms. The van der Waals surface area contributed by atoms with Crippen LogP contribution in [0.25, 0.3) is 0 Å². The van der Waals surface area contributed by atoms with Crippen molar-refractivity contribution in [2.45, 2.75) is 122 Å². The lowest BCUT2D eigenvalue weighted by Gasteiger charge is -2.57. The zero-order valence-electron chi connectivity index (χ0n) is 38.9. The summed E-state index contributed by atoms with van der Waals surface area (Å²) >= 11 is 1.40. The first kappa shape index (κ1) is 22.7. The van der Waals surface area contributed by atoms with Gasteiger partial charge in [0.05, 0.1) is 12.3 Å². The highest BCUT2D eigenvalue weighted by Gasteiger charge is 2.53. The Bertz CT molecular complexity index is 2390. The van der Waals surface area contributed by atoms with Crippen LogP contribution in [-0.2, 0) is 21.7 Å². The predicted molar refractivity (Wildman–Crippen MR) is 206 cm³/mol. The van der Waals surface area contributed by atoms with Gasteiger partial charge in [0.2, 0.25) is 0 Å². The fraction of sp³-hybridized carbons (Fsp3) is 0.500. The van der Waals surface area contributed by atoms with E-state index in [-0.39, 0.29) is 71.4 Å². The third-order valence-corrected chi connectivity index (χ3v) is 13.1. The predicted octanol–water partition coefficient (Wildman–Crippen LogP) is 10.5. The van der Waals surface area contributed by atoms with Gasteiger partial charge in [-0.2, -0.15) is 0 Å². The van der Waals surface area contributed by atoms with Crippen LogP contribution < -0.4 is 26.0 Å². The summed E-state index contributed by atoms with van der Waals surface area (Å²) in [4.78, 5) is 2.43. The van der Waals surface area contributed by atoms with E-state index in [0.29, 0.717) is 61.7 Å². The van der Waals surface area contributed by atoms with Crippen LogP contribution in [0.15, 0.2) is 60.4 Å². The molecule has 3 heterocycles. The first-order chi connectivity index (χ1) is 26.4. The molecule has 2 aliphatic heterocycles. The number of hydrogen-bond acceptors (Lipinski definition) is 3. The van der Waals surface area contributed by atoms with Crippen molar-refractivity contribution in [3.63, 3.8) is 0 Å². The number of rotatable bonds is 2. The van der Waals surface area contributed by atoms with Crippen molar-refractivity contribution in [1.29, 1.82) is 0 Å². The average molecular weight is 663 g/mol. The third-order valence-electron chi connectivity index (χ3n) is 11.6. The van der Waals surface area contributed by atoms with E-state index < -0.39 is 28.4 Å². The van der Waals surface area contributed by atoms with E-state index in [4.69, 9.17) is 4.74 Å². The molecule has 0 atom stereocenters. The highest BCUT2D eigenvalue weighted by Crippen LogP contribution is 2.61. The molecule has 248 valence electrons. The van der Waals surface area contributed by atoms with Gasteiger partial charge >= 0.3 is 0 Å². The summed E-state index contributed by atoms with van der Waals surface area (Å²) in [5, 5.41) is 0.501. The summed E-state index contributed by atoms with van der Waals surface area (Å²) in [7, 11) is 0. The number of hydrogen-bond donors (Lipinski definition) is 0. The molecule has 3 aromatic carbocycles. The van der Waals surface area contributed by atoms with Gasteiger partial charge in [-0.25, -0.2) is 0 Å². The summed E-state index contributed by atoms with van der Waals surface area (Å²) in [5.41, 5.74) is 1.31. The summed E-state index contributed by atoms with van der Waals surface area (Å²) < 4.78 is 94.6. The lowest BCUT2D eigenvalue weighted by molar-refractivity contribution is -0.00522. The van der Waals surface area contributed by atoms with Crippen LogP contribution in [0.3, 0.4) is 0 Å². The molecule has 0 spiro atoms. The number of anilines is 3. The normalized spacial score (nSPS) is 28.1. The molecule has 4 aromatic rings. The van der Waals surface area contributed by atoms with E-state index in [2.05, 4.69) is 20.8 Å². The fourth-order valence-corrected chi connectivity index (χ4v) is 10.7. The van der Waals surface area contributed by atoms with Gasteiger partial charge in [-0.1, -0.05) is 86.5 Å². The molecule has 6 aliphatic rings. The van der Waals surface area contributed by atoms with Crippen molar-refractivity contribution in [3.8, 4) is 10.8 Å². The minimum Gasteiger partial charge on any atom is -0.448 e. The minimum absolute atomic E-state index is 0.0532. The van der Waals surface area contributed by atoms with E-state index in [1.54, 1.807) is 11.0 Å². The van der Waals surface area contributed by atoms with Crippen LogP contribution >= 0.6 is 11.3 Å². The Morgan fingerprint density at radius 2 is 1.35 bits per heavy atom. The van der Waals surface area contributed by atoms with E-state index in [1.807, 2.05) is 41.5 Å². The SMILES string of the molecule is [2H]c1cc2c(c([2H])c1C(C)(C)C)B1c3c(sc(C(C)(C)C)c3[2H])Oc3c([2H])c(C45CC6CC(CC(C6)C4)C5)c([2H])c(c31)N2c1c([2H])c([2H])c(C(C)(C)C)c([2H])c1[2H]. The molecule has 0 N–H and O–H groups in total. The Balaban J connectivity index is 1.47. The summed E-state index contributed by atoms with van der Waals surface area (Å²) in [6.45, 7) is 16.9. The van der Waals surface area contributed by atoms with Crippen LogP contribution in [0.2, 0.25) is 0 Å². The molecule has 4 bridgehead atoms. The number of thiophene rings is 1. The van der Waals surface area contributed by atoms with Crippen molar-refractivity contribution in [3.05, 3.63) is 82.0 Å². The largest absolute Gasteiger partial charge is 0.448 e. The molecular weight excluding hydrogens is 601 g/mol. The third kappa shape index (κ3) is 4.71. The standard InChI is InChI=1S/C44H52BNOS/c1-41(2,3)29-10-13-32(14-11-29)46-35-15-12-30(42(4,5)6)19-33(35)45-34-22-38(43(7,8)9)48-40(34)47-37-21-31(20-36(46)39(37)45)44-23-26-16-27(24-44)18-28(17-26)25-44/h10-15,19-22,26-28H,16-18,23-25H2,1-9H3/i10D,11D,12D,13D,14D,19D,20D,21D,22D. The van der Waals surface area contributed by atoms with E-state index >= 15 is 0 Å². The molecule has 10 rings (SSSR count). The zero-order chi connectivity index (χ0) is 41.4. The molecule has 1 aromatic heterocycles. The molecule has 0 unspecified atom stereocenters. The average Bonchev–Trinajstić information content (AvgIpc) is 3.41. The van der Waals surface area contributed by atoms with Gasteiger partial charge < -0.3 is 9.64 Å². The van der Waals surface area contributed by atoms with Crippen LogP contribution in [0.4, 0.5) is 17.1 Å². The number of fused-ring (bicyclic) bond motifs is 4. The Morgan fingerprint density at radius 1 is 0.729 bits per heavy atom. The van der Waals surface area contributed by atoms with Gasteiger partial charge in [0.15, 0.2) is 5.06 Å². The monoisotopic (exact) mass is 662 g/mol. The number of nitrogens with zero attached hydrogens (tertiary/aromatic N) is 1. The van der Waals surface area contributed by atoms with Crippen molar-refractivity contribution < 1.29 is 17.1 Å². The topological polar surface area (TPSA) is 12.5 Å². The van der Waals surface area contributed by atoms with Gasteiger partial charge in [0.1, 0.15) is 5.75 Å². The van der Waals surface area contributed by atoms with Crippen LogP contribution in [-0.4, -0.2) is 6.71 Å². The molecule has 0 radical (unpaired) electrons. The molecule has 4 fully saturated rings. The smallest absolute Gasteiger partial charge is 0.257 e. The zero-order valence-corrected chi connectivity index (χ0v) is 30.7. The second-order valence-corrected chi connectivity index (χ2v) is 19.6. The number of ether oxygens (including phenoxy) is 1. The lowest BCUT2D eigenvalue weighted by atomic mass is 9.34. The van der Waals surface area contributed by atoms with Crippen molar-refractivity contribution in [2.24, 2.45) is 17.8 Å². The van der Waals surface area contributed by atoms with Crippen molar-refractivity contribution in [2.75, 3.05) is 4.90 Å². The number of benzene rings is 3. The van der Waals surface area contributed by atoms with E-state index in [0.717, 1.165) is 24.1 Å². The molecule has 4 saturated carbocycles. The van der Waals surface area contributed by atoms with Gasteiger partial charge in [0, 0.05) is 21.9 Å². The Kier molecular flexibility index (Phi) is 4.75. The molecule has 4 aliphatic carbocycles. The molecule has 0 saturated heterocycles. The second kappa shape index (κ2) is 10.1. The minimum atomic E-state index is -0.805. The van der Waals surface area contributed by atoms with Gasteiger partial charge in [-0.05, 0) is 147 Å². The van der Waals surface area contributed by atoms with Gasteiger partial charge in [-0.3, -0.25) is 0 Å². The maximum atomic E-state index is 10.4. The summed E-state index contributed by atoms with van der Waals surface area (Å²) in [5.74, 6) is 1.85. The van der Waals surface area contributed by atoms with Crippen molar-refractivity contribution >= 4 is 51.5 Å². The second-order valence-electron chi connectivity index (χ2n) is 18.6. The van der Waals surface area contributed by atoms with Gasteiger partial charge in [-0.15, -0.1) is 11.3 Å². The summed E-state index contributed by atoms with van der Waals surface area (Å²) in [6, 6.07) is 1.54. The van der Waals surface area contributed by atoms with E-state index in [1.165, 1.54) is 30.6 Å². The van der Waals surface area contributed by atoms with Gasteiger partial charge in [0.25, 0.3) is 6.71 Å². The maximum Gasteiger partial charge on any atom is 0.257 e. The Labute approximate surface area is 306 Å². The van der Waals surface area contributed by atoms with Crippen LogP contribution in [0, 0.1) is 17.8 Å². The van der Waals surface area contributed by atoms with Crippen LogP contribution in [0.1, 0.15) is 135 Å². The Morgan fingerprint density at radius 3 is 1.94 bits per heavy atom. The first-order valence-corrected chi connectivity index (χ1v) is 18.7. The summed E-state index contributed by atoms with van der Waals surface area (Å²) in [6.07, 6.45) is 6.17. The first-order valence-electron chi connectivity index (χ1n) is 22.4. The maximum absolute atomic E-state index is 10.4. The molecule has 4 heteroatoms. The quantitative estimate of drug-likeness (QED) is 0.171. The highest BCUT2D eigenvalue weighted by atomic mass is 32.1. The lowest BCUT2D eigenvalue weighted by Crippen LogP contribution is -2.59. The molecule has 2 nitrogen and oxygen atoms in total. The Hall–Kier alpha value is -2.98. The fourth-order valence-electron chi connectivity index (χ4n) is 9.60. The highest BCUT2D eigenvalue weighted by molar-refractivity contribution is 7.17.